The van der Waals surface area contributed by atoms with Gasteiger partial charge in [-0.15, -0.1) is 11.3 Å². The van der Waals surface area contributed by atoms with Crippen LogP contribution in [0.15, 0.2) is 28.7 Å². The number of benzene rings is 1. The molecule has 1 amide bonds. The van der Waals surface area contributed by atoms with Crippen LogP contribution in [0.1, 0.15) is 75.3 Å². The van der Waals surface area contributed by atoms with Crippen molar-refractivity contribution in [2.24, 2.45) is 0 Å². The Hall–Kier alpha value is -2.61. The number of amides is 1. The normalized spacial score (nSPS) is 17.9. The van der Waals surface area contributed by atoms with Crippen LogP contribution in [0.5, 0.6) is 0 Å². The number of esters is 1. The van der Waals surface area contributed by atoms with Crippen molar-refractivity contribution in [2.45, 2.75) is 51.6 Å². The largest absolute Gasteiger partial charge is 0.462 e. The van der Waals surface area contributed by atoms with Crippen molar-refractivity contribution in [1.82, 2.24) is 9.78 Å². The molecule has 0 saturated heterocycles. The van der Waals surface area contributed by atoms with Gasteiger partial charge < -0.3 is 20.5 Å². The molecule has 0 unspecified atom stereocenters. The van der Waals surface area contributed by atoms with Crippen LogP contribution in [-0.2, 0) is 4.74 Å². The van der Waals surface area contributed by atoms with Crippen molar-refractivity contribution in [1.29, 1.82) is 0 Å². The minimum absolute atomic E-state index is 0.0443. The molecular weight excluding hydrogens is 613 g/mol. The molecule has 14 heteroatoms. The number of hydrogen-bond acceptors (Lipinski definition) is 7. The second-order valence-corrected chi connectivity index (χ2v) is 11.0. The van der Waals surface area contributed by atoms with E-state index in [1.807, 2.05) is 0 Å². The van der Waals surface area contributed by atoms with Crippen LogP contribution in [0.3, 0.4) is 0 Å². The van der Waals surface area contributed by atoms with Gasteiger partial charge in [0.05, 0.1) is 24.3 Å². The van der Waals surface area contributed by atoms with E-state index in [-0.39, 0.29) is 34.4 Å². The quantitative estimate of drug-likeness (QED) is 0.257. The smallest absolute Gasteiger partial charge is 0.410 e. The number of nitrogens with zero attached hydrogens (tertiary/aromatic N) is 2. The number of carbonyl (C=O) groups is 2. The summed E-state index contributed by atoms with van der Waals surface area (Å²) in [5, 5.41) is 19.3. The molecule has 0 aliphatic carbocycles. The first-order valence-corrected chi connectivity index (χ1v) is 13.5. The summed E-state index contributed by atoms with van der Waals surface area (Å²) >= 11 is 10.7. The number of aliphatic hydroxyl groups is 1. The molecule has 1 aliphatic heterocycles. The monoisotopic (exact) mass is 634 g/mol. The summed E-state index contributed by atoms with van der Waals surface area (Å²) in [4.78, 5) is 26.2. The van der Waals surface area contributed by atoms with Crippen molar-refractivity contribution >= 4 is 61.6 Å². The maximum absolute atomic E-state index is 14.1. The van der Waals surface area contributed by atoms with Crippen LogP contribution < -0.4 is 10.6 Å². The fraction of sp³-hybridized carbons (Fsp3) is 0.375. The molecule has 2 aromatic heterocycles. The zero-order valence-electron chi connectivity index (χ0n) is 20.3. The number of hydrogen-bond donors (Lipinski definition) is 3. The van der Waals surface area contributed by atoms with Crippen molar-refractivity contribution in [2.75, 3.05) is 17.2 Å². The van der Waals surface area contributed by atoms with Gasteiger partial charge in [-0.05, 0) is 44.0 Å². The van der Waals surface area contributed by atoms with Crippen molar-refractivity contribution < 1.29 is 32.6 Å². The van der Waals surface area contributed by atoms with E-state index in [0.29, 0.717) is 20.7 Å². The first-order valence-electron chi connectivity index (χ1n) is 11.5. The molecule has 0 bridgehead atoms. The predicted molar refractivity (Wildman–Crippen MR) is 141 cm³/mol. The van der Waals surface area contributed by atoms with Gasteiger partial charge in [-0.2, -0.15) is 18.3 Å². The minimum Gasteiger partial charge on any atom is -0.462 e. The SMILES string of the molecule is CCOC(=O)c1c(NC(=O)c2nn3c(c2Cl)N[C@H](c2ccc(Br)cc2)C[C@H]3C(F)(F)F)sc([C@@H](C)O)c1C. The predicted octanol–water partition coefficient (Wildman–Crippen LogP) is 6.81. The Kier molecular flexibility index (Phi) is 8.12. The van der Waals surface area contributed by atoms with Gasteiger partial charge in [0.15, 0.2) is 11.7 Å². The molecule has 0 spiro atoms. The molecule has 38 heavy (non-hydrogen) atoms. The van der Waals surface area contributed by atoms with Crippen LogP contribution in [0.25, 0.3) is 0 Å². The third-order valence-corrected chi connectivity index (χ3v) is 8.32. The van der Waals surface area contributed by atoms with E-state index >= 15 is 0 Å². The number of halogens is 5. The highest BCUT2D eigenvalue weighted by atomic mass is 79.9. The zero-order valence-corrected chi connectivity index (χ0v) is 23.5. The van der Waals surface area contributed by atoms with Crippen molar-refractivity contribution in [3.63, 3.8) is 0 Å². The highest BCUT2D eigenvalue weighted by Gasteiger charge is 2.48. The summed E-state index contributed by atoms with van der Waals surface area (Å²) in [6.07, 6.45) is -5.97. The van der Waals surface area contributed by atoms with Crippen LogP contribution >= 0.6 is 38.9 Å². The number of carbonyl (C=O) groups excluding carboxylic acids is 2. The minimum atomic E-state index is -4.67. The van der Waals surface area contributed by atoms with Crippen LogP contribution in [0, 0.1) is 6.92 Å². The Balaban J connectivity index is 1.72. The van der Waals surface area contributed by atoms with Crippen LogP contribution in [0.2, 0.25) is 5.02 Å². The molecule has 3 atom stereocenters. The molecular formula is C24H23BrClF3N4O4S. The van der Waals surface area contributed by atoms with E-state index in [4.69, 9.17) is 16.3 Å². The molecule has 1 aromatic carbocycles. The third kappa shape index (κ3) is 5.42. The summed E-state index contributed by atoms with van der Waals surface area (Å²) in [5.74, 6) is -1.77. The van der Waals surface area contributed by atoms with Gasteiger partial charge >= 0.3 is 12.1 Å². The van der Waals surface area contributed by atoms with Gasteiger partial charge in [-0.25, -0.2) is 9.48 Å². The van der Waals surface area contributed by atoms with Gasteiger partial charge in [0.2, 0.25) is 0 Å². The van der Waals surface area contributed by atoms with Gasteiger partial charge in [-0.3, -0.25) is 4.79 Å². The lowest BCUT2D eigenvalue weighted by molar-refractivity contribution is -0.173. The Morgan fingerprint density at radius 2 is 2.03 bits per heavy atom. The Bertz CT molecular complexity index is 1370. The standard InChI is InChI=1S/C24H23BrClF3N4O4S/c1-4-37-23(36)16-10(2)19(11(3)34)38-22(16)31-21(35)18-17(26)20-30-14(12-5-7-13(25)8-6-12)9-15(24(27,28)29)33(20)32-18/h5-8,11,14-15,30,34H,4,9H2,1-3H3,(H,31,35)/t11-,14+,15+/m1/s1. The molecule has 0 fully saturated rings. The second kappa shape index (κ2) is 10.9. The summed E-state index contributed by atoms with van der Waals surface area (Å²) in [5.41, 5.74) is 0.628. The summed E-state index contributed by atoms with van der Waals surface area (Å²) in [6, 6.07) is 4.05. The van der Waals surface area contributed by atoms with E-state index in [2.05, 4.69) is 31.7 Å². The Morgan fingerprint density at radius 1 is 1.37 bits per heavy atom. The van der Waals surface area contributed by atoms with Gasteiger partial charge in [0.25, 0.3) is 5.91 Å². The molecule has 3 aromatic rings. The molecule has 1 aliphatic rings. The van der Waals surface area contributed by atoms with E-state index in [0.717, 1.165) is 15.8 Å². The third-order valence-electron chi connectivity index (χ3n) is 6.05. The van der Waals surface area contributed by atoms with Gasteiger partial charge in [-0.1, -0.05) is 39.7 Å². The maximum atomic E-state index is 14.1. The van der Waals surface area contributed by atoms with E-state index in [1.165, 1.54) is 6.92 Å². The molecule has 0 radical (unpaired) electrons. The first kappa shape index (κ1) is 28.4. The Morgan fingerprint density at radius 3 is 2.61 bits per heavy atom. The van der Waals surface area contributed by atoms with E-state index < -0.39 is 41.9 Å². The number of rotatable bonds is 6. The van der Waals surface area contributed by atoms with Crippen molar-refractivity contribution in [3.8, 4) is 0 Å². The van der Waals surface area contributed by atoms with Gasteiger partial charge in [0, 0.05) is 15.8 Å². The topological polar surface area (TPSA) is 105 Å². The van der Waals surface area contributed by atoms with Crippen molar-refractivity contribution in [3.05, 3.63) is 61.0 Å². The number of alkyl halides is 3. The lowest BCUT2D eigenvalue weighted by Crippen LogP contribution is -2.35. The molecule has 3 N–H and O–H groups in total. The lowest BCUT2D eigenvalue weighted by atomic mass is 9.97. The summed E-state index contributed by atoms with van der Waals surface area (Å²) in [7, 11) is 0. The number of ether oxygens (including phenoxy) is 1. The fourth-order valence-electron chi connectivity index (χ4n) is 4.28. The summed E-state index contributed by atoms with van der Waals surface area (Å²) < 4.78 is 48.8. The van der Waals surface area contributed by atoms with E-state index in [9.17, 15) is 27.9 Å². The lowest BCUT2D eigenvalue weighted by Gasteiger charge is -2.33. The fourth-order valence-corrected chi connectivity index (χ4v) is 5.93. The number of fused-ring (bicyclic) bond motifs is 1. The molecule has 3 heterocycles. The number of nitrogens with one attached hydrogen (secondary N) is 2. The van der Waals surface area contributed by atoms with Crippen LogP contribution in [0.4, 0.5) is 24.0 Å². The van der Waals surface area contributed by atoms with E-state index in [1.54, 1.807) is 38.1 Å². The first-order chi connectivity index (χ1) is 17.8. The number of aliphatic hydroxyl groups excluding tert-OH is 1. The van der Waals surface area contributed by atoms with Crippen LogP contribution in [-0.4, -0.2) is 39.5 Å². The molecule has 204 valence electrons. The number of anilines is 2. The number of thiophene rings is 1. The second-order valence-electron chi connectivity index (χ2n) is 8.64. The average Bonchev–Trinajstić information content (AvgIpc) is 3.35. The molecule has 0 saturated carbocycles. The molecule has 8 nitrogen and oxygen atoms in total. The average molecular weight is 636 g/mol. The number of aromatic nitrogens is 2. The zero-order chi connectivity index (χ0) is 27.9. The summed E-state index contributed by atoms with van der Waals surface area (Å²) in [6.45, 7) is 4.80. The molecule has 4 rings (SSSR count). The highest BCUT2D eigenvalue weighted by Crippen LogP contribution is 2.46. The maximum Gasteiger partial charge on any atom is 0.410 e. The highest BCUT2D eigenvalue weighted by molar-refractivity contribution is 9.10. The Labute approximate surface area is 233 Å². The van der Waals surface area contributed by atoms with Gasteiger partial charge in [0.1, 0.15) is 15.8 Å².